The van der Waals surface area contributed by atoms with Crippen LogP contribution in [0.25, 0.3) is 10.9 Å². The summed E-state index contributed by atoms with van der Waals surface area (Å²) in [5.41, 5.74) is 2.25. The number of carbonyl (C=O) groups excluding carboxylic acids is 2. The van der Waals surface area contributed by atoms with Crippen LogP contribution < -0.4 is 14.9 Å². The van der Waals surface area contributed by atoms with E-state index in [0.717, 1.165) is 27.2 Å². The molecule has 4 rings (SSSR count). The third-order valence-electron chi connectivity index (χ3n) is 6.33. The van der Waals surface area contributed by atoms with Crippen LogP contribution in [-0.4, -0.2) is 59.5 Å². The molecule has 0 atom stereocenters. The summed E-state index contributed by atoms with van der Waals surface area (Å²) in [4.78, 5) is 37.0. The number of hydrogen-bond donors (Lipinski definition) is 1. The second kappa shape index (κ2) is 11.4. The van der Waals surface area contributed by atoms with Gasteiger partial charge in [-0.2, -0.15) is 10.1 Å². The van der Waals surface area contributed by atoms with Crippen LogP contribution in [0.2, 0.25) is 0 Å². The number of rotatable bonds is 7. The highest BCUT2D eigenvalue weighted by molar-refractivity contribution is 7.89. The van der Waals surface area contributed by atoms with Crippen LogP contribution in [0.3, 0.4) is 0 Å². The molecule has 0 aliphatic carbocycles. The topological polar surface area (TPSA) is 163 Å². The first-order chi connectivity index (χ1) is 19.5. The van der Waals surface area contributed by atoms with E-state index in [4.69, 9.17) is 14.6 Å². The molecule has 0 aliphatic heterocycles. The fraction of sp³-hybridized carbons (Fsp3) is 0.321. The van der Waals surface area contributed by atoms with Crippen LogP contribution in [0.5, 0.6) is 0 Å². The normalized spacial score (nSPS) is 11.8. The summed E-state index contributed by atoms with van der Waals surface area (Å²) in [5, 5.41) is 11.0. The SMILES string of the molecule is Cc1ccc(N(C(=O)OCC(=O)OC(C)(C)C)c2nccc(N(C)c3ccc4c(C)n(C)nc4c3)n2)cc1S(N)(=O)=O. The van der Waals surface area contributed by atoms with Crippen molar-refractivity contribution in [3.8, 4) is 0 Å². The highest BCUT2D eigenvalue weighted by Crippen LogP contribution is 2.31. The number of hydrogen-bond acceptors (Lipinski definition) is 10. The van der Waals surface area contributed by atoms with Crippen molar-refractivity contribution in [2.24, 2.45) is 12.2 Å². The van der Waals surface area contributed by atoms with E-state index in [-0.39, 0.29) is 16.5 Å². The molecule has 2 N–H and O–H groups in total. The van der Waals surface area contributed by atoms with Gasteiger partial charge < -0.3 is 14.4 Å². The predicted molar refractivity (Wildman–Crippen MR) is 157 cm³/mol. The number of benzene rings is 2. The lowest BCUT2D eigenvalue weighted by Gasteiger charge is -2.24. The number of fused-ring (bicyclic) bond motifs is 1. The van der Waals surface area contributed by atoms with Crippen LogP contribution in [0.15, 0.2) is 53.6 Å². The molecule has 0 bridgehead atoms. The molecule has 0 unspecified atom stereocenters. The Morgan fingerprint density at radius 3 is 2.40 bits per heavy atom. The van der Waals surface area contributed by atoms with Crippen molar-refractivity contribution < 1.29 is 27.5 Å². The number of aryl methyl sites for hydroxylation is 3. The summed E-state index contributed by atoms with van der Waals surface area (Å²) < 4.78 is 36.7. The number of aromatic nitrogens is 4. The minimum Gasteiger partial charge on any atom is -0.457 e. The highest BCUT2D eigenvalue weighted by Gasteiger charge is 2.27. The monoisotopic (exact) mass is 595 g/mol. The van der Waals surface area contributed by atoms with E-state index in [0.29, 0.717) is 11.4 Å². The molecule has 42 heavy (non-hydrogen) atoms. The molecular formula is C28H33N7O6S. The number of esters is 1. The summed E-state index contributed by atoms with van der Waals surface area (Å²) in [6.45, 7) is 7.91. The summed E-state index contributed by atoms with van der Waals surface area (Å²) in [5.74, 6) is -0.484. The van der Waals surface area contributed by atoms with Crippen molar-refractivity contribution in [1.29, 1.82) is 0 Å². The number of nitrogens with zero attached hydrogens (tertiary/aromatic N) is 6. The van der Waals surface area contributed by atoms with Crippen molar-refractivity contribution in [3.05, 3.63) is 59.9 Å². The molecular weight excluding hydrogens is 562 g/mol. The van der Waals surface area contributed by atoms with Gasteiger partial charge in [0.25, 0.3) is 0 Å². The standard InChI is InChI=1S/C28H33N7O6S/c1-17-8-9-20(15-23(17)42(29,38)39)35(27(37)40-16-25(36)41-28(3,4)5)26-30-13-12-24(31-26)33(6)19-10-11-21-18(2)34(7)32-22(21)14-19/h8-15H,16H2,1-7H3,(H2,29,38,39). The summed E-state index contributed by atoms with van der Waals surface area (Å²) in [7, 11) is -0.466. The van der Waals surface area contributed by atoms with Gasteiger partial charge in [-0.05, 0) is 76.6 Å². The molecule has 0 saturated heterocycles. The minimum absolute atomic E-state index is 0.0593. The first kappa shape index (κ1) is 30.4. The smallest absolute Gasteiger partial charge is 0.421 e. The van der Waals surface area contributed by atoms with E-state index in [2.05, 4.69) is 15.1 Å². The molecule has 0 saturated carbocycles. The fourth-order valence-electron chi connectivity index (χ4n) is 4.19. The van der Waals surface area contributed by atoms with Gasteiger partial charge in [-0.25, -0.2) is 33.0 Å². The zero-order chi connectivity index (χ0) is 31.0. The number of anilines is 4. The van der Waals surface area contributed by atoms with Crippen molar-refractivity contribution in [2.75, 3.05) is 23.5 Å². The van der Waals surface area contributed by atoms with E-state index in [9.17, 15) is 18.0 Å². The Hall–Kier alpha value is -4.56. The molecule has 2 heterocycles. The lowest BCUT2D eigenvalue weighted by atomic mass is 10.2. The zero-order valence-electron chi connectivity index (χ0n) is 24.4. The number of amides is 1. The van der Waals surface area contributed by atoms with Crippen LogP contribution in [-0.2, 0) is 31.3 Å². The maximum absolute atomic E-state index is 13.4. The Morgan fingerprint density at radius 1 is 1.05 bits per heavy atom. The van der Waals surface area contributed by atoms with Crippen molar-refractivity contribution in [1.82, 2.24) is 19.7 Å². The first-order valence-electron chi connectivity index (χ1n) is 12.9. The predicted octanol–water partition coefficient (Wildman–Crippen LogP) is 4.01. The maximum atomic E-state index is 13.4. The van der Waals surface area contributed by atoms with E-state index in [1.807, 2.05) is 32.2 Å². The van der Waals surface area contributed by atoms with Gasteiger partial charge in [0.15, 0.2) is 6.61 Å². The number of carbonyl (C=O) groups is 2. The average molecular weight is 596 g/mol. The zero-order valence-corrected chi connectivity index (χ0v) is 25.3. The Labute approximate surface area is 243 Å². The molecule has 14 heteroatoms. The molecule has 0 radical (unpaired) electrons. The molecule has 2 aromatic carbocycles. The number of ether oxygens (including phenoxy) is 2. The Balaban J connectivity index is 1.73. The lowest BCUT2D eigenvalue weighted by molar-refractivity contribution is -0.158. The number of sulfonamides is 1. The third kappa shape index (κ3) is 6.66. The van der Waals surface area contributed by atoms with Gasteiger partial charge >= 0.3 is 12.1 Å². The third-order valence-corrected chi connectivity index (χ3v) is 7.38. The molecule has 0 aliphatic rings. The molecule has 13 nitrogen and oxygen atoms in total. The molecule has 222 valence electrons. The number of nitrogens with two attached hydrogens (primary N) is 1. The van der Waals surface area contributed by atoms with Crippen molar-refractivity contribution >= 4 is 56.1 Å². The Kier molecular flexibility index (Phi) is 8.23. The summed E-state index contributed by atoms with van der Waals surface area (Å²) >= 11 is 0. The largest absolute Gasteiger partial charge is 0.457 e. The lowest BCUT2D eigenvalue weighted by Crippen LogP contribution is -2.33. The van der Waals surface area contributed by atoms with Gasteiger partial charge in [0.05, 0.1) is 16.1 Å². The van der Waals surface area contributed by atoms with E-state index < -0.39 is 34.3 Å². The van der Waals surface area contributed by atoms with E-state index >= 15 is 0 Å². The maximum Gasteiger partial charge on any atom is 0.421 e. The summed E-state index contributed by atoms with van der Waals surface area (Å²) in [6.07, 6.45) is 0.413. The first-order valence-corrected chi connectivity index (χ1v) is 14.4. The summed E-state index contributed by atoms with van der Waals surface area (Å²) in [6, 6.07) is 11.6. The average Bonchev–Trinajstić information content (AvgIpc) is 3.19. The minimum atomic E-state index is -4.13. The second-order valence-corrected chi connectivity index (χ2v) is 12.2. The molecule has 1 amide bonds. The number of primary sulfonamides is 1. The van der Waals surface area contributed by atoms with E-state index in [1.54, 1.807) is 50.4 Å². The van der Waals surface area contributed by atoms with Gasteiger partial charge in [0, 0.05) is 37.1 Å². The van der Waals surface area contributed by atoms with E-state index in [1.165, 1.54) is 24.4 Å². The Morgan fingerprint density at radius 2 is 1.74 bits per heavy atom. The van der Waals surface area contributed by atoms with Crippen LogP contribution in [0.1, 0.15) is 32.0 Å². The highest BCUT2D eigenvalue weighted by atomic mass is 32.2. The van der Waals surface area contributed by atoms with Crippen molar-refractivity contribution in [2.45, 2.75) is 45.1 Å². The van der Waals surface area contributed by atoms with Crippen LogP contribution >= 0.6 is 0 Å². The van der Waals surface area contributed by atoms with Crippen molar-refractivity contribution in [3.63, 3.8) is 0 Å². The van der Waals surface area contributed by atoms with Gasteiger partial charge in [0.1, 0.15) is 11.4 Å². The molecule has 0 fully saturated rings. The molecule has 0 spiro atoms. The van der Waals surface area contributed by atoms with Gasteiger partial charge in [-0.15, -0.1) is 0 Å². The van der Waals surface area contributed by atoms with Crippen LogP contribution in [0, 0.1) is 13.8 Å². The molecule has 4 aromatic rings. The van der Waals surface area contributed by atoms with Crippen LogP contribution in [0.4, 0.5) is 27.9 Å². The van der Waals surface area contributed by atoms with Gasteiger partial charge in [0.2, 0.25) is 16.0 Å². The Bertz CT molecular complexity index is 1780. The van der Waals surface area contributed by atoms with Gasteiger partial charge in [-0.3, -0.25) is 4.68 Å². The quantitative estimate of drug-likeness (QED) is 0.309. The molecule has 2 aromatic heterocycles. The fourth-order valence-corrected chi connectivity index (χ4v) is 4.99. The van der Waals surface area contributed by atoms with Gasteiger partial charge in [-0.1, -0.05) is 6.07 Å². The second-order valence-electron chi connectivity index (χ2n) is 10.7.